The molecule has 0 saturated carbocycles. The lowest BCUT2D eigenvalue weighted by Gasteiger charge is -2.14. The second-order valence-corrected chi connectivity index (χ2v) is 3.27. The number of alkyl carbamates (subject to hydrolysis) is 1. The summed E-state index contributed by atoms with van der Waals surface area (Å²) in [5.74, 6) is 0.335. The zero-order valence-corrected chi connectivity index (χ0v) is 9.20. The third-order valence-electron chi connectivity index (χ3n) is 1.49. The second kappa shape index (κ2) is 7.58. The minimum absolute atomic E-state index is 0.282. The zero-order valence-electron chi connectivity index (χ0n) is 9.20. The van der Waals surface area contributed by atoms with Crippen molar-refractivity contribution in [3.05, 3.63) is 0 Å². The Morgan fingerprint density at radius 3 is 2.29 bits per heavy atom. The van der Waals surface area contributed by atoms with Gasteiger partial charge in [0.15, 0.2) is 6.29 Å². The van der Waals surface area contributed by atoms with Crippen molar-refractivity contribution in [2.24, 2.45) is 5.92 Å². The number of hydrogen-bond acceptors (Lipinski definition) is 4. The van der Waals surface area contributed by atoms with Crippen molar-refractivity contribution in [3.63, 3.8) is 0 Å². The van der Waals surface area contributed by atoms with E-state index in [1.807, 2.05) is 13.8 Å². The third kappa shape index (κ3) is 6.68. The molecule has 0 aliphatic rings. The van der Waals surface area contributed by atoms with Crippen molar-refractivity contribution in [2.75, 3.05) is 27.4 Å². The molecule has 5 nitrogen and oxygen atoms in total. The van der Waals surface area contributed by atoms with E-state index in [1.165, 1.54) is 14.2 Å². The number of rotatable bonds is 6. The molecule has 84 valence electrons. The number of nitrogens with one attached hydrogen (secondary N) is 1. The molecule has 14 heavy (non-hydrogen) atoms. The van der Waals surface area contributed by atoms with Crippen molar-refractivity contribution >= 4 is 6.09 Å². The standard InChI is InChI=1S/C9H19NO4/c1-7(2)6-14-9(11)10-5-8(12-3)13-4/h7-8H,5-6H2,1-4H3,(H,10,11). The van der Waals surface area contributed by atoms with Crippen LogP contribution in [-0.2, 0) is 14.2 Å². The fraction of sp³-hybridized carbons (Fsp3) is 0.889. The Morgan fingerprint density at radius 1 is 1.29 bits per heavy atom. The van der Waals surface area contributed by atoms with Crippen LogP contribution in [0.15, 0.2) is 0 Å². The van der Waals surface area contributed by atoms with E-state index in [9.17, 15) is 4.79 Å². The van der Waals surface area contributed by atoms with Crippen LogP contribution in [0.5, 0.6) is 0 Å². The smallest absolute Gasteiger partial charge is 0.407 e. The lowest BCUT2D eigenvalue weighted by Crippen LogP contribution is -2.35. The van der Waals surface area contributed by atoms with Gasteiger partial charge >= 0.3 is 6.09 Å². The summed E-state index contributed by atoms with van der Waals surface area (Å²) in [5, 5.41) is 2.53. The summed E-state index contributed by atoms with van der Waals surface area (Å²) < 4.78 is 14.6. The molecule has 0 heterocycles. The van der Waals surface area contributed by atoms with Gasteiger partial charge in [0.25, 0.3) is 0 Å². The van der Waals surface area contributed by atoms with Crippen molar-refractivity contribution in [1.82, 2.24) is 5.32 Å². The second-order valence-electron chi connectivity index (χ2n) is 3.27. The highest BCUT2D eigenvalue weighted by Crippen LogP contribution is 1.93. The van der Waals surface area contributed by atoms with Crippen molar-refractivity contribution in [1.29, 1.82) is 0 Å². The van der Waals surface area contributed by atoms with Crippen molar-refractivity contribution in [2.45, 2.75) is 20.1 Å². The van der Waals surface area contributed by atoms with Gasteiger partial charge in [-0.25, -0.2) is 4.79 Å². The SMILES string of the molecule is COC(CNC(=O)OCC(C)C)OC. The maximum absolute atomic E-state index is 11.0. The molecule has 0 aliphatic carbocycles. The third-order valence-corrected chi connectivity index (χ3v) is 1.49. The molecule has 0 bridgehead atoms. The van der Waals surface area contributed by atoms with Gasteiger partial charge in [-0.05, 0) is 5.92 Å². The summed E-state index contributed by atoms with van der Waals surface area (Å²) in [4.78, 5) is 11.0. The van der Waals surface area contributed by atoms with Crippen LogP contribution in [0, 0.1) is 5.92 Å². The molecular weight excluding hydrogens is 186 g/mol. The number of carbonyl (C=O) groups excluding carboxylic acids is 1. The van der Waals surface area contributed by atoms with E-state index in [4.69, 9.17) is 14.2 Å². The van der Waals surface area contributed by atoms with Crippen LogP contribution in [0.2, 0.25) is 0 Å². The van der Waals surface area contributed by atoms with Gasteiger partial charge in [-0.3, -0.25) is 0 Å². The first-order valence-electron chi connectivity index (χ1n) is 4.56. The Hall–Kier alpha value is -0.810. The van der Waals surface area contributed by atoms with E-state index >= 15 is 0 Å². The molecular formula is C9H19NO4. The minimum Gasteiger partial charge on any atom is -0.449 e. The van der Waals surface area contributed by atoms with E-state index in [0.717, 1.165) is 0 Å². The molecule has 0 spiro atoms. The van der Waals surface area contributed by atoms with Gasteiger partial charge in [-0.1, -0.05) is 13.8 Å². The number of carbonyl (C=O) groups is 1. The van der Waals surface area contributed by atoms with E-state index in [2.05, 4.69) is 5.32 Å². The molecule has 1 amide bonds. The molecule has 0 unspecified atom stereocenters. The summed E-state index contributed by atoms with van der Waals surface area (Å²) >= 11 is 0. The van der Waals surface area contributed by atoms with E-state index in [-0.39, 0.29) is 6.54 Å². The van der Waals surface area contributed by atoms with Gasteiger partial charge in [-0.15, -0.1) is 0 Å². The number of methoxy groups -OCH3 is 2. The van der Waals surface area contributed by atoms with Crippen LogP contribution in [0.1, 0.15) is 13.8 Å². The summed E-state index contributed by atoms with van der Waals surface area (Å²) in [7, 11) is 3.02. The first-order valence-corrected chi connectivity index (χ1v) is 4.56. The molecule has 0 aromatic heterocycles. The monoisotopic (exact) mass is 205 g/mol. The largest absolute Gasteiger partial charge is 0.449 e. The highest BCUT2D eigenvalue weighted by Gasteiger charge is 2.08. The molecule has 0 fully saturated rings. The topological polar surface area (TPSA) is 56.8 Å². The van der Waals surface area contributed by atoms with Crippen LogP contribution < -0.4 is 5.32 Å². The Morgan fingerprint density at radius 2 is 1.86 bits per heavy atom. The maximum atomic E-state index is 11.0. The molecule has 0 rings (SSSR count). The Bertz CT molecular complexity index is 157. The zero-order chi connectivity index (χ0) is 11.0. The number of hydrogen-bond donors (Lipinski definition) is 1. The Balaban J connectivity index is 3.52. The van der Waals surface area contributed by atoms with Gasteiger partial charge in [0.1, 0.15) is 0 Å². The van der Waals surface area contributed by atoms with Crippen molar-refractivity contribution in [3.8, 4) is 0 Å². The molecule has 5 heteroatoms. The fourth-order valence-corrected chi connectivity index (χ4v) is 0.723. The average Bonchev–Trinajstić information content (AvgIpc) is 2.16. The van der Waals surface area contributed by atoms with Crippen molar-refractivity contribution < 1.29 is 19.0 Å². The summed E-state index contributed by atoms with van der Waals surface area (Å²) in [5.41, 5.74) is 0. The average molecular weight is 205 g/mol. The molecule has 0 saturated heterocycles. The lowest BCUT2D eigenvalue weighted by molar-refractivity contribution is -0.0980. The molecule has 0 atom stereocenters. The van der Waals surface area contributed by atoms with E-state index in [1.54, 1.807) is 0 Å². The Labute approximate surface area is 84.7 Å². The molecule has 0 aliphatic heterocycles. The van der Waals surface area contributed by atoms with Crippen LogP contribution in [0.3, 0.4) is 0 Å². The summed E-state index contributed by atoms with van der Waals surface area (Å²) in [6, 6.07) is 0. The molecule has 0 radical (unpaired) electrons. The molecule has 0 aromatic rings. The molecule has 0 aromatic carbocycles. The summed E-state index contributed by atoms with van der Waals surface area (Å²) in [6.07, 6.45) is -0.876. The van der Waals surface area contributed by atoms with Gasteiger partial charge in [0, 0.05) is 14.2 Å². The minimum atomic E-state index is -0.446. The highest BCUT2D eigenvalue weighted by molar-refractivity contribution is 5.67. The van der Waals surface area contributed by atoms with Crippen LogP contribution in [0.4, 0.5) is 4.79 Å². The summed E-state index contributed by atoms with van der Waals surface area (Å²) in [6.45, 7) is 4.64. The predicted octanol–water partition coefficient (Wildman–Crippen LogP) is 0.987. The van der Waals surface area contributed by atoms with Crippen LogP contribution in [-0.4, -0.2) is 39.8 Å². The highest BCUT2D eigenvalue weighted by atomic mass is 16.7. The quantitative estimate of drug-likeness (QED) is 0.657. The normalized spacial score (nSPS) is 10.7. The number of ether oxygens (including phenoxy) is 3. The van der Waals surface area contributed by atoms with Crippen LogP contribution >= 0.6 is 0 Å². The lowest BCUT2D eigenvalue weighted by atomic mass is 10.2. The first-order chi connectivity index (χ1) is 6.60. The van der Waals surface area contributed by atoms with E-state index in [0.29, 0.717) is 12.5 Å². The van der Waals surface area contributed by atoms with Gasteiger partial charge in [0.05, 0.1) is 13.2 Å². The maximum Gasteiger partial charge on any atom is 0.407 e. The number of amides is 1. The van der Waals surface area contributed by atoms with Crippen LogP contribution in [0.25, 0.3) is 0 Å². The Kier molecular flexibility index (Phi) is 7.14. The predicted molar refractivity (Wildman–Crippen MR) is 52.0 cm³/mol. The first kappa shape index (κ1) is 13.2. The van der Waals surface area contributed by atoms with Gasteiger partial charge < -0.3 is 19.5 Å². The molecule has 1 N–H and O–H groups in total. The van der Waals surface area contributed by atoms with Gasteiger partial charge in [-0.2, -0.15) is 0 Å². The van der Waals surface area contributed by atoms with E-state index < -0.39 is 12.4 Å². The van der Waals surface area contributed by atoms with Gasteiger partial charge in [0.2, 0.25) is 0 Å². The fourth-order valence-electron chi connectivity index (χ4n) is 0.723.